The lowest BCUT2D eigenvalue weighted by Gasteiger charge is -2.21. The molecule has 126 valence electrons. The van der Waals surface area contributed by atoms with Crippen molar-refractivity contribution in [2.24, 2.45) is 5.73 Å². The van der Waals surface area contributed by atoms with Gasteiger partial charge in [-0.3, -0.25) is 0 Å². The van der Waals surface area contributed by atoms with Crippen molar-refractivity contribution in [1.29, 1.82) is 0 Å². The third-order valence-corrected chi connectivity index (χ3v) is 3.60. The van der Waals surface area contributed by atoms with Crippen LogP contribution in [0.1, 0.15) is 43.0 Å². The van der Waals surface area contributed by atoms with Gasteiger partial charge in [-0.2, -0.15) is 0 Å². The van der Waals surface area contributed by atoms with Gasteiger partial charge in [-0.1, -0.05) is 12.1 Å². The summed E-state index contributed by atoms with van der Waals surface area (Å²) in [5, 5.41) is 32.1. The molecule has 0 bridgehead atoms. The molecule has 5 heteroatoms. The Bertz CT molecular complexity index is 459. The Morgan fingerprint density at radius 1 is 0.909 bits per heavy atom. The lowest BCUT2D eigenvalue weighted by molar-refractivity contribution is 0.188. The molecule has 1 aromatic carbocycles. The fourth-order valence-corrected chi connectivity index (χ4v) is 2.67. The molecular weight excluding hydrogens is 280 g/mol. The minimum atomic E-state index is -0.456. The number of aliphatic hydroxyl groups is 3. The van der Waals surface area contributed by atoms with Crippen LogP contribution in [0.25, 0.3) is 0 Å². The highest BCUT2D eigenvalue weighted by Crippen LogP contribution is 2.23. The number of hydrogen-bond acceptors (Lipinski definition) is 5. The lowest BCUT2D eigenvalue weighted by Crippen LogP contribution is -2.26. The van der Waals surface area contributed by atoms with E-state index in [1.54, 1.807) is 20.8 Å². The molecule has 1 aromatic rings. The largest absolute Gasteiger partial charge is 0.393 e. The summed E-state index contributed by atoms with van der Waals surface area (Å²) < 4.78 is 0. The Labute approximate surface area is 133 Å². The van der Waals surface area contributed by atoms with Gasteiger partial charge < -0.3 is 26.4 Å². The first-order chi connectivity index (χ1) is 10.3. The van der Waals surface area contributed by atoms with E-state index in [0.29, 0.717) is 32.5 Å². The molecule has 0 saturated heterocycles. The van der Waals surface area contributed by atoms with Crippen LogP contribution in [0.15, 0.2) is 12.1 Å². The number of nitrogens with one attached hydrogen (secondary N) is 1. The van der Waals surface area contributed by atoms with Gasteiger partial charge in [0.1, 0.15) is 0 Å². The van der Waals surface area contributed by atoms with Crippen molar-refractivity contribution >= 4 is 0 Å². The van der Waals surface area contributed by atoms with Gasteiger partial charge in [0.2, 0.25) is 0 Å². The average Bonchev–Trinajstić information content (AvgIpc) is 2.40. The van der Waals surface area contributed by atoms with Crippen molar-refractivity contribution in [2.45, 2.75) is 65.0 Å². The standard InChI is InChI=1S/C17H30N2O3/c1-11(20)6-14-4-5-15(8-18)16(7-12(2)21)17(14)10-19-9-13(3)22/h4-5,11-13,19-22H,6-10,18H2,1-3H3. The van der Waals surface area contributed by atoms with Gasteiger partial charge in [0, 0.05) is 19.6 Å². The summed E-state index contributed by atoms with van der Waals surface area (Å²) in [5.74, 6) is 0. The van der Waals surface area contributed by atoms with Crippen LogP contribution in [0.3, 0.4) is 0 Å². The second-order valence-electron chi connectivity index (χ2n) is 6.13. The van der Waals surface area contributed by atoms with Crippen molar-refractivity contribution in [1.82, 2.24) is 5.32 Å². The molecule has 0 radical (unpaired) electrons. The van der Waals surface area contributed by atoms with E-state index in [9.17, 15) is 15.3 Å². The summed E-state index contributed by atoms with van der Waals surface area (Å²) in [7, 11) is 0. The van der Waals surface area contributed by atoms with Crippen LogP contribution < -0.4 is 11.1 Å². The maximum atomic E-state index is 9.79. The lowest BCUT2D eigenvalue weighted by atomic mass is 9.90. The molecule has 0 spiro atoms. The van der Waals surface area contributed by atoms with E-state index >= 15 is 0 Å². The van der Waals surface area contributed by atoms with E-state index in [2.05, 4.69) is 5.32 Å². The molecule has 0 aliphatic heterocycles. The molecule has 0 saturated carbocycles. The smallest absolute Gasteiger partial charge is 0.0636 e. The predicted octanol–water partition coefficient (Wildman–Crippen LogP) is 0.462. The number of aliphatic hydroxyl groups excluding tert-OH is 3. The van der Waals surface area contributed by atoms with Crippen molar-refractivity contribution < 1.29 is 15.3 Å². The molecule has 6 N–H and O–H groups in total. The predicted molar refractivity (Wildman–Crippen MR) is 88.5 cm³/mol. The first-order valence-electron chi connectivity index (χ1n) is 7.92. The monoisotopic (exact) mass is 310 g/mol. The maximum Gasteiger partial charge on any atom is 0.0636 e. The molecule has 0 amide bonds. The zero-order chi connectivity index (χ0) is 16.7. The number of hydrogen-bond donors (Lipinski definition) is 5. The molecule has 5 nitrogen and oxygen atoms in total. The van der Waals surface area contributed by atoms with Crippen molar-refractivity contribution in [3.05, 3.63) is 34.4 Å². The maximum absolute atomic E-state index is 9.79. The summed E-state index contributed by atoms with van der Waals surface area (Å²) in [5.41, 5.74) is 10.0. The Morgan fingerprint density at radius 3 is 2.00 bits per heavy atom. The van der Waals surface area contributed by atoms with Gasteiger partial charge in [0.25, 0.3) is 0 Å². The van der Waals surface area contributed by atoms with Crippen LogP contribution >= 0.6 is 0 Å². The van der Waals surface area contributed by atoms with E-state index in [-0.39, 0.29) is 0 Å². The Morgan fingerprint density at radius 2 is 1.50 bits per heavy atom. The van der Waals surface area contributed by atoms with Gasteiger partial charge in [-0.25, -0.2) is 0 Å². The zero-order valence-corrected chi connectivity index (χ0v) is 13.8. The first-order valence-corrected chi connectivity index (χ1v) is 7.92. The van der Waals surface area contributed by atoms with E-state index in [1.807, 2.05) is 12.1 Å². The van der Waals surface area contributed by atoms with Gasteiger partial charge in [-0.05, 0) is 55.9 Å². The van der Waals surface area contributed by atoms with Crippen LogP contribution in [-0.4, -0.2) is 40.2 Å². The number of benzene rings is 1. The Balaban J connectivity index is 3.15. The summed E-state index contributed by atoms with van der Waals surface area (Å²) >= 11 is 0. The molecule has 0 aliphatic rings. The Hall–Kier alpha value is -0.980. The summed E-state index contributed by atoms with van der Waals surface area (Å²) in [6, 6.07) is 3.98. The van der Waals surface area contributed by atoms with Crippen molar-refractivity contribution in [2.75, 3.05) is 6.54 Å². The second-order valence-corrected chi connectivity index (χ2v) is 6.13. The van der Waals surface area contributed by atoms with Crippen LogP contribution in [0.4, 0.5) is 0 Å². The van der Waals surface area contributed by atoms with Gasteiger partial charge in [-0.15, -0.1) is 0 Å². The normalized spacial score (nSPS) is 15.6. The van der Waals surface area contributed by atoms with Gasteiger partial charge in [0.15, 0.2) is 0 Å². The highest BCUT2D eigenvalue weighted by atomic mass is 16.3. The molecule has 1 rings (SSSR count). The summed E-state index contributed by atoms with van der Waals surface area (Å²) in [4.78, 5) is 0. The highest BCUT2D eigenvalue weighted by Gasteiger charge is 2.15. The van der Waals surface area contributed by atoms with E-state index < -0.39 is 18.3 Å². The molecule has 0 aromatic heterocycles. The summed E-state index contributed by atoms with van der Waals surface area (Å²) in [6.07, 6.45) is -0.214. The first kappa shape index (κ1) is 19.1. The summed E-state index contributed by atoms with van der Waals surface area (Å²) in [6.45, 7) is 6.75. The molecule has 3 atom stereocenters. The molecule has 22 heavy (non-hydrogen) atoms. The van der Waals surface area contributed by atoms with Gasteiger partial charge >= 0.3 is 0 Å². The fraction of sp³-hybridized carbons (Fsp3) is 0.647. The van der Waals surface area contributed by atoms with Crippen LogP contribution in [0.2, 0.25) is 0 Å². The van der Waals surface area contributed by atoms with Crippen LogP contribution in [0.5, 0.6) is 0 Å². The van der Waals surface area contributed by atoms with Gasteiger partial charge in [0.05, 0.1) is 18.3 Å². The van der Waals surface area contributed by atoms with Crippen LogP contribution in [-0.2, 0) is 25.9 Å². The third kappa shape index (κ3) is 6.02. The Kier molecular flexibility index (Phi) is 8.00. The molecule has 0 fully saturated rings. The van der Waals surface area contributed by atoms with Crippen molar-refractivity contribution in [3.63, 3.8) is 0 Å². The molecule has 0 aliphatic carbocycles. The van der Waals surface area contributed by atoms with E-state index in [1.165, 1.54) is 0 Å². The average molecular weight is 310 g/mol. The van der Waals surface area contributed by atoms with E-state index in [4.69, 9.17) is 5.73 Å². The van der Waals surface area contributed by atoms with Crippen molar-refractivity contribution in [3.8, 4) is 0 Å². The van der Waals surface area contributed by atoms with Crippen LogP contribution in [0, 0.1) is 0 Å². The zero-order valence-electron chi connectivity index (χ0n) is 13.8. The third-order valence-electron chi connectivity index (χ3n) is 3.60. The topological polar surface area (TPSA) is 98.7 Å². The minimum absolute atomic E-state index is 0.417. The highest BCUT2D eigenvalue weighted by molar-refractivity contribution is 5.42. The molecule has 3 unspecified atom stereocenters. The second kappa shape index (κ2) is 9.22. The number of rotatable bonds is 9. The number of nitrogens with two attached hydrogens (primary N) is 1. The van der Waals surface area contributed by atoms with E-state index in [0.717, 1.165) is 22.3 Å². The quantitative estimate of drug-likeness (QED) is 0.456. The SMILES string of the molecule is CC(O)CNCc1c(CC(C)O)ccc(CN)c1CC(C)O. The molecular formula is C17H30N2O3. The minimum Gasteiger partial charge on any atom is -0.393 e. The molecule has 0 heterocycles. The fourth-order valence-electron chi connectivity index (χ4n) is 2.67.